The molecule has 6 rings (SSSR count). The highest BCUT2D eigenvalue weighted by atomic mass is 14.6. The molecule has 0 bridgehead atoms. The van der Waals surface area contributed by atoms with Crippen molar-refractivity contribution < 1.29 is 0 Å². The van der Waals surface area contributed by atoms with Gasteiger partial charge in [-0.25, -0.2) is 0 Å². The second-order valence-electron chi connectivity index (χ2n) is 12.4. The fourth-order valence-electron chi connectivity index (χ4n) is 10.7. The second kappa shape index (κ2) is 7.92. The van der Waals surface area contributed by atoms with Gasteiger partial charge in [-0.05, 0) is 111 Å². The molecule has 10 atom stereocenters. The third-order valence-electron chi connectivity index (χ3n) is 11.6. The van der Waals surface area contributed by atoms with E-state index in [0.717, 1.165) is 59.2 Å². The molecule has 0 aromatic heterocycles. The molecule has 6 saturated carbocycles. The lowest BCUT2D eigenvalue weighted by atomic mass is 9.46. The molecule has 0 aliphatic heterocycles. The Kier molecular flexibility index (Phi) is 5.30. The molecule has 0 N–H and O–H groups in total. The molecule has 0 spiro atoms. The van der Waals surface area contributed by atoms with Crippen molar-refractivity contribution in [1.82, 2.24) is 0 Å². The topological polar surface area (TPSA) is 0 Å². The summed E-state index contributed by atoms with van der Waals surface area (Å²) in [5, 5.41) is 0. The highest BCUT2D eigenvalue weighted by Crippen LogP contribution is 2.62. The van der Waals surface area contributed by atoms with Gasteiger partial charge in [-0.15, -0.1) is 0 Å². The minimum Gasteiger partial charge on any atom is -0.0530 e. The van der Waals surface area contributed by atoms with Gasteiger partial charge in [-0.1, -0.05) is 64.2 Å². The summed E-state index contributed by atoms with van der Waals surface area (Å²) in [5.74, 6) is 11.5. The molecule has 0 amide bonds. The molecule has 6 aliphatic carbocycles. The summed E-state index contributed by atoms with van der Waals surface area (Å²) in [6, 6.07) is 0. The Morgan fingerprint density at radius 2 is 0.536 bits per heavy atom. The van der Waals surface area contributed by atoms with Gasteiger partial charge in [0.05, 0.1) is 0 Å². The minimum absolute atomic E-state index is 1.14. The predicted molar refractivity (Wildman–Crippen MR) is 118 cm³/mol. The maximum absolute atomic E-state index is 1.68. The molecule has 158 valence electrons. The molecule has 28 heavy (non-hydrogen) atoms. The first-order chi connectivity index (χ1) is 13.9. The van der Waals surface area contributed by atoms with Gasteiger partial charge in [0.1, 0.15) is 0 Å². The minimum atomic E-state index is 1.14. The first kappa shape index (κ1) is 18.7. The van der Waals surface area contributed by atoms with Gasteiger partial charge < -0.3 is 0 Å². The van der Waals surface area contributed by atoms with Crippen LogP contribution >= 0.6 is 0 Å². The van der Waals surface area contributed by atoms with Crippen LogP contribution in [-0.2, 0) is 0 Å². The standard InChI is InChI=1S/C28H46/c1-3-11-21-19(9-1)17-27(25-15-7-5-13-23(21)25)28-18-20-10-2-4-12-22(20)24-14-6-8-16-26(24)28/h19-28H,1-18H2. The first-order valence-electron chi connectivity index (χ1n) is 13.9. The number of hydrogen-bond acceptors (Lipinski definition) is 0. The molecular weight excluding hydrogens is 336 g/mol. The van der Waals surface area contributed by atoms with Crippen molar-refractivity contribution in [3.8, 4) is 0 Å². The van der Waals surface area contributed by atoms with E-state index in [2.05, 4.69) is 0 Å². The lowest BCUT2D eigenvalue weighted by molar-refractivity contribution is -0.0971. The SMILES string of the molecule is C1CCC2C(C1)CC(C1CC3CCCCC3C3CCCCC31)C1CCCCC21. The zero-order chi connectivity index (χ0) is 18.5. The lowest BCUT2D eigenvalue weighted by Gasteiger charge is -2.59. The number of fused-ring (bicyclic) bond motifs is 6. The van der Waals surface area contributed by atoms with Crippen LogP contribution in [0.4, 0.5) is 0 Å². The quantitative estimate of drug-likeness (QED) is 0.428. The van der Waals surface area contributed by atoms with Crippen molar-refractivity contribution in [1.29, 1.82) is 0 Å². The zero-order valence-electron chi connectivity index (χ0n) is 18.5. The number of hydrogen-bond donors (Lipinski definition) is 0. The van der Waals surface area contributed by atoms with E-state index in [0.29, 0.717) is 0 Å². The monoisotopic (exact) mass is 382 g/mol. The average Bonchev–Trinajstić information content (AvgIpc) is 2.78. The Labute approximate surface area is 175 Å². The second-order valence-corrected chi connectivity index (χ2v) is 12.4. The molecule has 0 radical (unpaired) electrons. The molecular formula is C28H46. The van der Waals surface area contributed by atoms with E-state index in [-0.39, 0.29) is 0 Å². The normalized spacial score (nSPS) is 54.0. The molecule has 0 nitrogen and oxygen atoms in total. The van der Waals surface area contributed by atoms with Crippen molar-refractivity contribution >= 4 is 0 Å². The summed E-state index contributed by atoms with van der Waals surface area (Å²) in [6.07, 6.45) is 28.8. The third-order valence-corrected chi connectivity index (χ3v) is 11.6. The van der Waals surface area contributed by atoms with Crippen LogP contribution in [0.3, 0.4) is 0 Å². The van der Waals surface area contributed by atoms with Crippen molar-refractivity contribution in [3.05, 3.63) is 0 Å². The third kappa shape index (κ3) is 3.13. The predicted octanol–water partition coefficient (Wildman–Crippen LogP) is 8.25. The van der Waals surface area contributed by atoms with Crippen LogP contribution < -0.4 is 0 Å². The summed E-state index contributed by atoms with van der Waals surface area (Å²) in [5.41, 5.74) is 0. The van der Waals surface area contributed by atoms with Crippen molar-refractivity contribution in [2.45, 2.75) is 116 Å². The van der Waals surface area contributed by atoms with Crippen LogP contribution in [0.2, 0.25) is 0 Å². The van der Waals surface area contributed by atoms with E-state index < -0.39 is 0 Å². The molecule has 6 aliphatic rings. The van der Waals surface area contributed by atoms with Crippen LogP contribution in [0, 0.1) is 59.2 Å². The zero-order valence-corrected chi connectivity index (χ0v) is 18.5. The Balaban J connectivity index is 1.30. The molecule has 10 unspecified atom stereocenters. The largest absolute Gasteiger partial charge is 0.0530 e. The van der Waals surface area contributed by atoms with Crippen molar-refractivity contribution in [2.75, 3.05) is 0 Å². The Morgan fingerprint density at radius 3 is 0.929 bits per heavy atom. The maximum atomic E-state index is 1.68. The summed E-state index contributed by atoms with van der Waals surface area (Å²) in [6.45, 7) is 0. The molecule has 6 fully saturated rings. The Morgan fingerprint density at radius 1 is 0.250 bits per heavy atom. The lowest BCUT2D eigenvalue weighted by Crippen LogP contribution is -2.51. The van der Waals surface area contributed by atoms with Gasteiger partial charge in [0.2, 0.25) is 0 Å². The fraction of sp³-hybridized carbons (Fsp3) is 1.00. The first-order valence-corrected chi connectivity index (χ1v) is 13.9. The van der Waals surface area contributed by atoms with E-state index in [1.54, 1.807) is 116 Å². The van der Waals surface area contributed by atoms with Crippen LogP contribution in [0.5, 0.6) is 0 Å². The van der Waals surface area contributed by atoms with Crippen LogP contribution in [0.1, 0.15) is 116 Å². The molecule has 0 aromatic rings. The highest BCUT2D eigenvalue weighted by Gasteiger charge is 2.53. The van der Waals surface area contributed by atoms with Gasteiger partial charge in [0.15, 0.2) is 0 Å². The van der Waals surface area contributed by atoms with Gasteiger partial charge in [0.25, 0.3) is 0 Å². The Hall–Kier alpha value is 0. The van der Waals surface area contributed by atoms with Crippen LogP contribution in [0.15, 0.2) is 0 Å². The molecule has 0 aromatic carbocycles. The van der Waals surface area contributed by atoms with Crippen molar-refractivity contribution in [2.24, 2.45) is 59.2 Å². The maximum Gasteiger partial charge on any atom is -0.0349 e. The highest BCUT2D eigenvalue weighted by molar-refractivity contribution is 5.02. The van der Waals surface area contributed by atoms with Crippen molar-refractivity contribution in [3.63, 3.8) is 0 Å². The summed E-state index contributed by atoms with van der Waals surface area (Å²) in [7, 11) is 0. The van der Waals surface area contributed by atoms with E-state index in [4.69, 9.17) is 0 Å². The van der Waals surface area contributed by atoms with Gasteiger partial charge in [-0.3, -0.25) is 0 Å². The Bertz CT molecular complexity index is 488. The fourth-order valence-corrected chi connectivity index (χ4v) is 10.7. The molecule has 0 heteroatoms. The number of rotatable bonds is 1. The molecule has 0 saturated heterocycles. The van der Waals surface area contributed by atoms with E-state index >= 15 is 0 Å². The van der Waals surface area contributed by atoms with Gasteiger partial charge >= 0.3 is 0 Å². The van der Waals surface area contributed by atoms with Gasteiger partial charge in [-0.2, -0.15) is 0 Å². The summed E-state index contributed by atoms with van der Waals surface area (Å²) < 4.78 is 0. The average molecular weight is 383 g/mol. The van der Waals surface area contributed by atoms with Gasteiger partial charge in [0, 0.05) is 0 Å². The smallest absolute Gasteiger partial charge is 0.0349 e. The van der Waals surface area contributed by atoms with Crippen LogP contribution in [-0.4, -0.2) is 0 Å². The summed E-state index contributed by atoms with van der Waals surface area (Å²) >= 11 is 0. The van der Waals surface area contributed by atoms with E-state index in [9.17, 15) is 0 Å². The summed E-state index contributed by atoms with van der Waals surface area (Å²) in [4.78, 5) is 0. The van der Waals surface area contributed by atoms with E-state index in [1.807, 2.05) is 0 Å². The molecule has 0 heterocycles. The van der Waals surface area contributed by atoms with Crippen LogP contribution in [0.25, 0.3) is 0 Å². The van der Waals surface area contributed by atoms with E-state index in [1.165, 1.54) is 0 Å².